The van der Waals surface area contributed by atoms with Crippen LogP contribution in [-0.4, -0.2) is 16.3 Å². The van der Waals surface area contributed by atoms with Crippen LogP contribution < -0.4 is 15.2 Å². The van der Waals surface area contributed by atoms with Crippen LogP contribution in [0.15, 0.2) is 30.3 Å². The molecular weight excluding hydrogens is 331 g/mol. The molecule has 0 aliphatic carbocycles. The molecule has 2 rings (SSSR count). The predicted molar refractivity (Wildman–Crippen MR) is 77.5 cm³/mol. The molecule has 128 valence electrons. The number of aryl methyl sites for hydroxylation is 1. The maximum absolute atomic E-state index is 12.5. The van der Waals surface area contributed by atoms with Crippen LogP contribution in [0.3, 0.4) is 0 Å². The molecule has 24 heavy (non-hydrogen) atoms. The summed E-state index contributed by atoms with van der Waals surface area (Å²) < 4.78 is 46.5. The van der Waals surface area contributed by atoms with Gasteiger partial charge in [0.05, 0.1) is 16.3 Å². The molecule has 7 nitrogen and oxygen atoms in total. The van der Waals surface area contributed by atoms with Crippen molar-refractivity contribution in [2.75, 3.05) is 5.73 Å². The molecule has 1 heterocycles. The number of nitrogens with zero attached hydrogens (tertiary/aromatic N) is 2. The molecule has 1 aromatic heterocycles. The molecule has 0 bridgehead atoms. The van der Waals surface area contributed by atoms with Gasteiger partial charge in [-0.25, -0.2) is 4.98 Å². The van der Waals surface area contributed by atoms with Crippen LogP contribution in [0.2, 0.25) is 0 Å². The van der Waals surface area contributed by atoms with E-state index in [9.17, 15) is 23.3 Å². The molecule has 1 aromatic carbocycles. The van der Waals surface area contributed by atoms with Crippen molar-refractivity contribution in [1.82, 2.24) is 4.98 Å². The van der Waals surface area contributed by atoms with Gasteiger partial charge >= 0.3 is 6.36 Å². The SMILES string of the molecule is Cc1nc(OCc2c(OC(F)(F)F)cccc2[N+](=O)[O-])ccc1N. The number of hydrogen-bond donors (Lipinski definition) is 1. The minimum atomic E-state index is -4.99. The lowest BCUT2D eigenvalue weighted by Crippen LogP contribution is -2.19. The summed E-state index contributed by atoms with van der Waals surface area (Å²) in [4.78, 5) is 14.2. The molecule has 0 aliphatic heterocycles. The second-order valence-corrected chi connectivity index (χ2v) is 4.67. The van der Waals surface area contributed by atoms with Crippen molar-refractivity contribution < 1.29 is 27.6 Å². The molecule has 0 aliphatic rings. The smallest absolute Gasteiger partial charge is 0.472 e. The van der Waals surface area contributed by atoms with Crippen LogP contribution >= 0.6 is 0 Å². The summed E-state index contributed by atoms with van der Waals surface area (Å²) >= 11 is 0. The summed E-state index contributed by atoms with van der Waals surface area (Å²) in [5.74, 6) is -0.637. The fraction of sp³-hybridized carbons (Fsp3) is 0.214. The zero-order chi connectivity index (χ0) is 17.9. The molecule has 0 unspecified atom stereocenters. The van der Waals surface area contributed by atoms with Gasteiger partial charge in [0, 0.05) is 12.1 Å². The van der Waals surface area contributed by atoms with E-state index in [-0.39, 0.29) is 11.4 Å². The Morgan fingerprint density at radius 2 is 2.00 bits per heavy atom. The second kappa shape index (κ2) is 6.60. The Balaban J connectivity index is 2.32. The number of ether oxygens (including phenoxy) is 2. The number of pyridine rings is 1. The normalized spacial score (nSPS) is 11.2. The topological polar surface area (TPSA) is 101 Å². The van der Waals surface area contributed by atoms with Gasteiger partial charge in [0.15, 0.2) is 0 Å². The van der Waals surface area contributed by atoms with E-state index in [2.05, 4.69) is 9.72 Å². The fourth-order valence-corrected chi connectivity index (χ4v) is 1.87. The summed E-state index contributed by atoms with van der Waals surface area (Å²) in [6.07, 6.45) is -4.99. The highest BCUT2D eigenvalue weighted by Gasteiger charge is 2.34. The van der Waals surface area contributed by atoms with Crippen molar-refractivity contribution >= 4 is 11.4 Å². The number of alkyl halides is 3. The lowest BCUT2D eigenvalue weighted by Gasteiger charge is -2.14. The second-order valence-electron chi connectivity index (χ2n) is 4.67. The van der Waals surface area contributed by atoms with Crippen molar-refractivity contribution in [2.45, 2.75) is 19.9 Å². The first kappa shape index (κ1) is 17.3. The number of rotatable bonds is 5. The molecule has 0 saturated carbocycles. The maximum Gasteiger partial charge on any atom is 0.573 e. The Kier molecular flexibility index (Phi) is 4.77. The zero-order valence-electron chi connectivity index (χ0n) is 12.3. The Bertz CT molecular complexity index is 765. The van der Waals surface area contributed by atoms with E-state index in [0.717, 1.165) is 18.2 Å². The van der Waals surface area contributed by atoms with Gasteiger partial charge in [-0.1, -0.05) is 6.07 Å². The maximum atomic E-state index is 12.5. The first-order valence-electron chi connectivity index (χ1n) is 6.55. The molecule has 0 spiro atoms. The zero-order valence-corrected chi connectivity index (χ0v) is 12.3. The van der Waals surface area contributed by atoms with Crippen molar-refractivity contribution in [1.29, 1.82) is 0 Å². The Morgan fingerprint density at radius 3 is 2.58 bits per heavy atom. The van der Waals surface area contributed by atoms with Gasteiger partial charge in [0.2, 0.25) is 5.88 Å². The molecule has 2 N–H and O–H groups in total. The molecule has 0 saturated heterocycles. The van der Waals surface area contributed by atoms with E-state index in [1.807, 2.05) is 0 Å². The summed E-state index contributed by atoms with van der Waals surface area (Å²) in [5, 5.41) is 11.0. The lowest BCUT2D eigenvalue weighted by atomic mass is 10.1. The number of nitro groups is 1. The highest BCUT2D eigenvalue weighted by Crippen LogP contribution is 2.33. The van der Waals surface area contributed by atoms with Crippen LogP contribution in [0.5, 0.6) is 11.6 Å². The average Bonchev–Trinajstić information content (AvgIpc) is 2.47. The Hall–Kier alpha value is -3.04. The van der Waals surface area contributed by atoms with E-state index in [1.165, 1.54) is 12.1 Å². The van der Waals surface area contributed by atoms with Crippen molar-refractivity contribution in [2.24, 2.45) is 0 Å². The van der Waals surface area contributed by atoms with Gasteiger partial charge in [-0.3, -0.25) is 10.1 Å². The van der Waals surface area contributed by atoms with Gasteiger partial charge in [-0.15, -0.1) is 13.2 Å². The third-order valence-electron chi connectivity index (χ3n) is 3.00. The number of hydrogen-bond acceptors (Lipinski definition) is 6. The van der Waals surface area contributed by atoms with E-state index in [0.29, 0.717) is 11.4 Å². The molecule has 2 aromatic rings. The van der Waals surface area contributed by atoms with Crippen molar-refractivity contribution in [3.8, 4) is 11.6 Å². The quantitative estimate of drug-likeness (QED) is 0.660. The molecular formula is C14H12F3N3O4. The standard InChI is InChI=1S/C14H12F3N3O4/c1-8-10(18)5-6-13(19-8)23-7-9-11(20(21)22)3-2-4-12(9)24-14(15,16)17/h2-6H,7,18H2,1H3. The number of nitrogens with two attached hydrogens (primary N) is 1. The number of anilines is 1. The van der Waals surface area contributed by atoms with Crippen LogP contribution in [0.4, 0.5) is 24.5 Å². The lowest BCUT2D eigenvalue weighted by molar-refractivity contribution is -0.386. The summed E-state index contributed by atoms with van der Waals surface area (Å²) in [7, 11) is 0. The van der Waals surface area contributed by atoms with Gasteiger partial charge < -0.3 is 15.2 Å². The van der Waals surface area contributed by atoms with Gasteiger partial charge in [0.25, 0.3) is 5.69 Å². The highest BCUT2D eigenvalue weighted by molar-refractivity contribution is 5.49. The molecule has 0 amide bonds. The fourth-order valence-electron chi connectivity index (χ4n) is 1.87. The van der Waals surface area contributed by atoms with Crippen LogP contribution in [0.1, 0.15) is 11.3 Å². The largest absolute Gasteiger partial charge is 0.573 e. The molecule has 10 heteroatoms. The first-order valence-corrected chi connectivity index (χ1v) is 6.55. The number of nitro benzene ring substituents is 1. The number of aromatic nitrogens is 1. The first-order chi connectivity index (χ1) is 11.2. The number of benzene rings is 1. The summed E-state index contributed by atoms with van der Waals surface area (Å²) in [5.41, 5.74) is 5.57. The molecule has 0 atom stereocenters. The van der Waals surface area contributed by atoms with Crippen molar-refractivity contribution in [3.63, 3.8) is 0 Å². The van der Waals surface area contributed by atoms with E-state index in [4.69, 9.17) is 10.5 Å². The van der Waals surface area contributed by atoms with Crippen molar-refractivity contribution in [3.05, 3.63) is 51.7 Å². The highest BCUT2D eigenvalue weighted by atomic mass is 19.4. The van der Waals surface area contributed by atoms with E-state index in [1.54, 1.807) is 6.92 Å². The van der Waals surface area contributed by atoms with Gasteiger partial charge in [-0.2, -0.15) is 0 Å². The van der Waals surface area contributed by atoms with E-state index < -0.39 is 29.3 Å². The average molecular weight is 343 g/mol. The summed E-state index contributed by atoms with van der Waals surface area (Å²) in [6.45, 7) is 1.09. The van der Waals surface area contributed by atoms with Gasteiger partial charge in [-0.05, 0) is 19.1 Å². The molecule has 0 fully saturated rings. The minimum Gasteiger partial charge on any atom is -0.472 e. The predicted octanol–water partition coefficient (Wildman–Crippen LogP) is 3.36. The summed E-state index contributed by atoms with van der Waals surface area (Å²) in [6, 6.07) is 6.03. The van der Waals surface area contributed by atoms with Crippen LogP contribution in [0.25, 0.3) is 0 Å². The van der Waals surface area contributed by atoms with Gasteiger partial charge in [0.1, 0.15) is 17.9 Å². The number of nitrogen functional groups attached to an aromatic ring is 1. The Morgan fingerprint density at radius 1 is 1.29 bits per heavy atom. The third kappa shape index (κ3) is 4.24. The number of halogens is 3. The molecule has 0 radical (unpaired) electrons. The van der Waals surface area contributed by atoms with Crippen LogP contribution in [0, 0.1) is 17.0 Å². The monoisotopic (exact) mass is 343 g/mol. The van der Waals surface area contributed by atoms with Crippen LogP contribution in [-0.2, 0) is 6.61 Å². The minimum absolute atomic E-state index is 0.0674. The van der Waals surface area contributed by atoms with E-state index >= 15 is 0 Å². The third-order valence-corrected chi connectivity index (χ3v) is 3.00. The Labute approximate surface area is 134 Å².